The highest BCUT2D eigenvalue weighted by atomic mass is 32.2. The van der Waals surface area contributed by atoms with Crippen LogP contribution in [0.3, 0.4) is 0 Å². The highest BCUT2D eigenvalue weighted by Crippen LogP contribution is 2.23. The van der Waals surface area contributed by atoms with E-state index in [2.05, 4.69) is 21.8 Å². The summed E-state index contributed by atoms with van der Waals surface area (Å²) in [5, 5.41) is 0. The zero-order valence-corrected chi connectivity index (χ0v) is 17.6. The Kier molecular flexibility index (Phi) is 6.76. The molecule has 7 nitrogen and oxygen atoms in total. The summed E-state index contributed by atoms with van der Waals surface area (Å²) in [5.41, 5.74) is 1.88. The Morgan fingerprint density at radius 2 is 1.66 bits per heavy atom. The van der Waals surface area contributed by atoms with Crippen LogP contribution in [0.15, 0.2) is 54.6 Å². The SMILES string of the molecule is COc1ccc(C(CC(=O)N2CCN(c3ccccc3)CC2)NS(C)(=O)=O)cc1. The highest BCUT2D eigenvalue weighted by molar-refractivity contribution is 7.88. The first-order valence-corrected chi connectivity index (χ1v) is 11.4. The average Bonchev–Trinajstić information content (AvgIpc) is 2.73. The van der Waals surface area contributed by atoms with E-state index < -0.39 is 16.1 Å². The molecule has 1 saturated heterocycles. The smallest absolute Gasteiger partial charge is 0.224 e. The van der Waals surface area contributed by atoms with E-state index >= 15 is 0 Å². The maximum atomic E-state index is 12.9. The molecule has 1 aliphatic heterocycles. The van der Waals surface area contributed by atoms with Crippen molar-refractivity contribution in [2.24, 2.45) is 0 Å². The average molecular weight is 418 g/mol. The molecule has 2 aromatic carbocycles. The van der Waals surface area contributed by atoms with Gasteiger partial charge in [0, 0.05) is 38.3 Å². The number of para-hydroxylation sites is 1. The molecule has 0 bridgehead atoms. The molecule has 0 spiro atoms. The fraction of sp³-hybridized carbons (Fsp3) is 0.381. The van der Waals surface area contributed by atoms with Crippen molar-refractivity contribution in [3.8, 4) is 5.75 Å². The van der Waals surface area contributed by atoms with E-state index in [-0.39, 0.29) is 12.3 Å². The largest absolute Gasteiger partial charge is 0.497 e. The van der Waals surface area contributed by atoms with Gasteiger partial charge in [-0.1, -0.05) is 30.3 Å². The maximum Gasteiger partial charge on any atom is 0.224 e. The molecule has 1 heterocycles. The van der Waals surface area contributed by atoms with Crippen LogP contribution in [-0.4, -0.2) is 58.8 Å². The number of hydrogen-bond acceptors (Lipinski definition) is 5. The Hall–Kier alpha value is -2.58. The van der Waals surface area contributed by atoms with Crippen molar-refractivity contribution in [3.05, 3.63) is 60.2 Å². The molecule has 0 radical (unpaired) electrons. The second-order valence-corrected chi connectivity index (χ2v) is 8.90. The van der Waals surface area contributed by atoms with E-state index in [1.165, 1.54) is 0 Å². The number of nitrogens with zero attached hydrogens (tertiary/aromatic N) is 2. The summed E-state index contributed by atoms with van der Waals surface area (Å²) >= 11 is 0. The van der Waals surface area contributed by atoms with Gasteiger partial charge < -0.3 is 14.5 Å². The van der Waals surface area contributed by atoms with Gasteiger partial charge in [0.05, 0.1) is 19.4 Å². The van der Waals surface area contributed by atoms with Gasteiger partial charge in [-0.3, -0.25) is 4.79 Å². The van der Waals surface area contributed by atoms with E-state index in [1.807, 2.05) is 18.2 Å². The third-order valence-electron chi connectivity index (χ3n) is 5.01. The first-order valence-electron chi connectivity index (χ1n) is 9.55. The van der Waals surface area contributed by atoms with Gasteiger partial charge >= 0.3 is 0 Å². The molecule has 1 atom stereocenters. The number of rotatable bonds is 7. The lowest BCUT2D eigenvalue weighted by atomic mass is 10.0. The Morgan fingerprint density at radius 1 is 1.03 bits per heavy atom. The number of hydrogen-bond donors (Lipinski definition) is 1. The van der Waals surface area contributed by atoms with Crippen LogP contribution in [0.25, 0.3) is 0 Å². The first kappa shape index (κ1) is 21.1. The molecule has 1 amide bonds. The third-order valence-corrected chi connectivity index (χ3v) is 5.72. The van der Waals surface area contributed by atoms with Crippen LogP contribution in [0, 0.1) is 0 Å². The molecular weight excluding hydrogens is 390 g/mol. The molecular formula is C21H27N3O4S. The van der Waals surface area contributed by atoms with E-state index in [9.17, 15) is 13.2 Å². The Balaban J connectivity index is 1.65. The number of methoxy groups -OCH3 is 1. The standard InChI is InChI=1S/C21H27N3O4S/c1-28-19-10-8-17(9-11-19)20(22-29(2,26)27)16-21(25)24-14-12-23(13-15-24)18-6-4-3-5-7-18/h3-11,20,22H,12-16H2,1-2H3. The summed E-state index contributed by atoms with van der Waals surface area (Å²) < 4.78 is 31.4. The predicted molar refractivity (Wildman–Crippen MR) is 114 cm³/mol. The molecule has 1 aliphatic rings. The molecule has 1 unspecified atom stereocenters. The minimum atomic E-state index is -3.47. The van der Waals surface area contributed by atoms with Crippen LogP contribution >= 0.6 is 0 Å². The summed E-state index contributed by atoms with van der Waals surface area (Å²) in [6.07, 6.45) is 1.18. The number of carbonyl (C=O) groups excluding carboxylic acids is 1. The van der Waals surface area contributed by atoms with E-state index in [4.69, 9.17) is 4.74 Å². The van der Waals surface area contributed by atoms with E-state index in [1.54, 1.807) is 36.3 Å². The van der Waals surface area contributed by atoms with Crippen LogP contribution in [0.1, 0.15) is 18.0 Å². The van der Waals surface area contributed by atoms with Crippen molar-refractivity contribution in [1.29, 1.82) is 0 Å². The number of carbonyl (C=O) groups is 1. The molecule has 29 heavy (non-hydrogen) atoms. The lowest BCUT2D eigenvalue weighted by molar-refractivity contribution is -0.132. The summed E-state index contributed by atoms with van der Waals surface area (Å²) in [6.45, 7) is 2.73. The van der Waals surface area contributed by atoms with Gasteiger partial charge in [0.25, 0.3) is 0 Å². The summed E-state index contributed by atoms with van der Waals surface area (Å²) in [4.78, 5) is 16.9. The Bertz CT molecular complexity index is 909. The van der Waals surface area contributed by atoms with E-state index in [0.717, 1.165) is 30.6 Å². The molecule has 0 saturated carbocycles. The number of anilines is 1. The van der Waals surface area contributed by atoms with Gasteiger partial charge in [-0.05, 0) is 29.8 Å². The predicted octanol–water partition coefficient (Wildman–Crippen LogP) is 2.02. The minimum Gasteiger partial charge on any atom is -0.497 e. The summed E-state index contributed by atoms with van der Waals surface area (Å²) in [5.74, 6) is 0.616. The number of benzene rings is 2. The van der Waals surface area contributed by atoms with Crippen molar-refractivity contribution in [1.82, 2.24) is 9.62 Å². The lowest BCUT2D eigenvalue weighted by Gasteiger charge is -2.36. The second kappa shape index (κ2) is 9.28. The van der Waals surface area contributed by atoms with Crippen LogP contribution in [0.5, 0.6) is 5.75 Å². The van der Waals surface area contributed by atoms with Crippen molar-refractivity contribution in [2.45, 2.75) is 12.5 Å². The van der Waals surface area contributed by atoms with Crippen LogP contribution in [0.2, 0.25) is 0 Å². The quantitative estimate of drug-likeness (QED) is 0.746. The third kappa shape index (κ3) is 5.95. The number of ether oxygens (including phenoxy) is 1. The molecule has 156 valence electrons. The second-order valence-electron chi connectivity index (χ2n) is 7.12. The van der Waals surface area contributed by atoms with Gasteiger partial charge in [-0.25, -0.2) is 13.1 Å². The van der Waals surface area contributed by atoms with Crippen molar-refractivity contribution >= 4 is 21.6 Å². The zero-order valence-electron chi connectivity index (χ0n) is 16.7. The fourth-order valence-corrected chi connectivity index (χ4v) is 4.22. The van der Waals surface area contributed by atoms with Crippen LogP contribution in [0.4, 0.5) is 5.69 Å². The van der Waals surface area contributed by atoms with Crippen molar-refractivity contribution in [2.75, 3.05) is 44.4 Å². The van der Waals surface area contributed by atoms with Crippen LogP contribution in [-0.2, 0) is 14.8 Å². The summed E-state index contributed by atoms with van der Waals surface area (Å²) in [6, 6.07) is 16.6. The first-order chi connectivity index (χ1) is 13.9. The van der Waals surface area contributed by atoms with Gasteiger partial charge in [0.2, 0.25) is 15.9 Å². The van der Waals surface area contributed by atoms with E-state index in [0.29, 0.717) is 18.8 Å². The number of piperazine rings is 1. The van der Waals surface area contributed by atoms with Crippen LogP contribution < -0.4 is 14.4 Å². The highest BCUT2D eigenvalue weighted by Gasteiger charge is 2.26. The van der Waals surface area contributed by atoms with Crippen molar-refractivity contribution in [3.63, 3.8) is 0 Å². The number of sulfonamides is 1. The molecule has 0 aromatic heterocycles. The zero-order chi connectivity index (χ0) is 20.9. The monoisotopic (exact) mass is 417 g/mol. The molecule has 3 rings (SSSR count). The Morgan fingerprint density at radius 3 is 2.21 bits per heavy atom. The van der Waals surface area contributed by atoms with Gasteiger partial charge in [-0.2, -0.15) is 0 Å². The van der Waals surface area contributed by atoms with Gasteiger partial charge in [0.15, 0.2) is 0 Å². The molecule has 1 fully saturated rings. The molecule has 1 N–H and O–H groups in total. The van der Waals surface area contributed by atoms with Gasteiger partial charge in [-0.15, -0.1) is 0 Å². The summed E-state index contributed by atoms with van der Waals surface area (Å²) in [7, 11) is -1.90. The Labute approximate surface area is 172 Å². The maximum absolute atomic E-state index is 12.9. The molecule has 2 aromatic rings. The normalized spacial score (nSPS) is 15.8. The molecule has 8 heteroatoms. The lowest BCUT2D eigenvalue weighted by Crippen LogP contribution is -2.49. The minimum absolute atomic E-state index is 0.0605. The molecule has 0 aliphatic carbocycles. The van der Waals surface area contributed by atoms with Crippen molar-refractivity contribution < 1.29 is 17.9 Å². The van der Waals surface area contributed by atoms with Gasteiger partial charge in [0.1, 0.15) is 5.75 Å². The number of nitrogens with one attached hydrogen (secondary N) is 1. The number of amides is 1. The fourth-order valence-electron chi connectivity index (χ4n) is 3.48. The topological polar surface area (TPSA) is 79.0 Å².